The van der Waals surface area contributed by atoms with E-state index in [0.717, 1.165) is 13.1 Å². The number of Topliss-reactive ketones (excluding diaryl/α,β-unsaturated/α-hetero) is 1. The molecular weight excluding hydrogens is 352 g/mol. The highest BCUT2D eigenvalue weighted by Crippen LogP contribution is 2.43. The maximum Gasteiger partial charge on any atom is 0.265 e. The number of carbonyl (C=O) groups excluding carboxylic acids is 2. The largest absolute Gasteiger partial charge is 0.379 e. The van der Waals surface area contributed by atoms with Crippen LogP contribution in [0.3, 0.4) is 0 Å². The van der Waals surface area contributed by atoms with Crippen LogP contribution < -0.4 is 4.90 Å². The number of anilines is 1. The van der Waals surface area contributed by atoms with Crippen molar-refractivity contribution in [3.8, 4) is 0 Å². The summed E-state index contributed by atoms with van der Waals surface area (Å²) >= 11 is 1.32. The van der Waals surface area contributed by atoms with E-state index in [4.69, 9.17) is 4.74 Å². The summed E-state index contributed by atoms with van der Waals surface area (Å²) in [5.74, 6) is -0.658. The highest BCUT2D eigenvalue weighted by Gasteiger charge is 2.51. The molecule has 26 heavy (non-hydrogen) atoms. The number of morpholine rings is 1. The van der Waals surface area contributed by atoms with Crippen molar-refractivity contribution in [2.24, 2.45) is 0 Å². The summed E-state index contributed by atoms with van der Waals surface area (Å²) < 4.78 is 5.36. The molecule has 1 N–H and O–H groups in total. The van der Waals surface area contributed by atoms with Crippen LogP contribution >= 0.6 is 11.3 Å². The van der Waals surface area contributed by atoms with Crippen LogP contribution in [0, 0.1) is 0 Å². The Morgan fingerprint density at radius 1 is 1.19 bits per heavy atom. The number of thiophene rings is 1. The molecule has 0 aliphatic carbocycles. The summed E-state index contributed by atoms with van der Waals surface area (Å²) in [7, 11) is 0. The minimum Gasteiger partial charge on any atom is -0.379 e. The van der Waals surface area contributed by atoms with Crippen LogP contribution in [0.2, 0.25) is 0 Å². The first-order valence-corrected chi connectivity index (χ1v) is 9.48. The number of para-hydroxylation sites is 1. The summed E-state index contributed by atoms with van der Waals surface area (Å²) in [4.78, 5) is 30.0. The van der Waals surface area contributed by atoms with Crippen molar-refractivity contribution in [3.05, 3.63) is 52.2 Å². The molecular formula is C19H20N2O4S. The molecule has 1 saturated heterocycles. The molecule has 0 saturated carbocycles. The number of benzene rings is 1. The Morgan fingerprint density at radius 2 is 1.96 bits per heavy atom. The number of carbonyl (C=O) groups is 2. The molecule has 0 radical (unpaired) electrons. The fourth-order valence-corrected chi connectivity index (χ4v) is 4.18. The molecule has 1 aromatic heterocycles. The van der Waals surface area contributed by atoms with Crippen LogP contribution in [0.15, 0.2) is 41.8 Å². The van der Waals surface area contributed by atoms with Gasteiger partial charge < -0.3 is 9.84 Å². The number of amides is 1. The zero-order valence-electron chi connectivity index (χ0n) is 14.3. The van der Waals surface area contributed by atoms with Crippen molar-refractivity contribution >= 4 is 28.7 Å². The van der Waals surface area contributed by atoms with Crippen LogP contribution in [0.4, 0.5) is 5.69 Å². The minimum atomic E-state index is -1.82. The first-order valence-electron chi connectivity index (χ1n) is 8.60. The van der Waals surface area contributed by atoms with Crippen molar-refractivity contribution < 1.29 is 19.4 Å². The van der Waals surface area contributed by atoms with Crippen LogP contribution in [-0.4, -0.2) is 54.7 Å². The van der Waals surface area contributed by atoms with E-state index in [-0.39, 0.29) is 12.2 Å². The van der Waals surface area contributed by atoms with Gasteiger partial charge in [-0.05, 0) is 17.5 Å². The fraction of sp³-hybridized carbons (Fsp3) is 0.368. The summed E-state index contributed by atoms with van der Waals surface area (Å²) in [5, 5.41) is 13.0. The van der Waals surface area contributed by atoms with E-state index in [1.165, 1.54) is 11.3 Å². The van der Waals surface area contributed by atoms with Gasteiger partial charge >= 0.3 is 0 Å². The zero-order valence-corrected chi connectivity index (χ0v) is 15.1. The lowest BCUT2D eigenvalue weighted by atomic mass is 9.89. The normalized spacial score (nSPS) is 23.3. The monoisotopic (exact) mass is 372 g/mol. The van der Waals surface area contributed by atoms with Gasteiger partial charge in [-0.2, -0.15) is 0 Å². The number of hydrogen-bond acceptors (Lipinski definition) is 6. The van der Waals surface area contributed by atoms with E-state index in [1.807, 2.05) is 17.5 Å². The van der Waals surface area contributed by atoms with E-state index < -0.39 is 11.5 Å². The van der Waals surface area contributed by atoms with Crippen molar-refractivity contribution in [1.82, 2.24) is 4.90 Å². The average Bonchev–Trinajstić information content (AvgIpc) is 3.26. The fourth-order valence-electron chi connectivity index (χ4n) is 3.52. The van der Waals surface area contributed by atoms with Gasteiger partial charge in [0.05, 0.1) is 36.9 Å². The zero-order chi connectivity index (χ0) is 18.1. The van der Waals surface area contributed by atoms with Gasteiger partial charge in [0.2, 0.25) is 0 Å². The van der Waals surface area contributed by atoms with Gasteiger partial charge in [-0.25, -0.2) is 0 Å². The molecule has 1 atom stereocenters. The smallest absolute Gasteiger partial charge is 0.265 e. The van der Waals surface area contributed by atoms with Crippen molar-refractivity contribution in [1.29, 1.82) is 0 Å². The highest BCUT2D eigenvalue weighted by atomic mass is 32.1. The summed E-state index contributed by atoms with van der Waals surface area (Å²) in [6.45, 7) is 3.11. The van der Waals surface area contributed by atoms with E-state index in [0.29, 0.717) is 36.0 Å². The Kier molecular flexibility index (Phi) is 4.62. The molecule has 136 valence electrons. The Labute approximate surface area is 155 Å². The highest BCUT2D eigenvalue weighted by molar-refractivity contribution is 7.12. The second kappa shape index (κ2) is 6.92. The number of ether oxygens (including phenoxy) is 1. The molecule has 1 unspecified atom stereocenters. The second-order valence-electron chi connectivity index (χ2n) is 6.56. The first-order chi connectivity index (χ1) is 12.6. The van der Waals surface area contributed by atoms with Gasteiger partial charge in [0.25, 0.3) is 5.91 Å². The van der Waals surface area contributed by atoms with Gasteiger partial charge in [-0.1, -0.05) is 24.3 Å². The van der Waals surface area contributed by atoms with Gasteiger partial charge in [0.15, 0.2) is 11.4 Å². The minimum absolute atomic E-state index is 0.223. The average molecular weight is 372 g/mol. The molecule has 3 heterocycles. The molecule has 0 bridgehead atoms. The topological polar surface area (TPSA) is 70.1 Å². The van der Waals surface area contributed by atoms with Crippen LogP contribution in [0.25, 0.3) is 0 Å². The molecule has 1 amide bonds. The number of nitrogens with zero attached hydrogens (tertiary/aromatic N) is 2. The van der Waals surface area contributed by atoms with Gasteiger partial charge in [0, 0.05) is 18.7 Å². The molecule has 4 rings (SSSR count). The van der Waals surface area contributed by atoms with Crippen LogP contribution in [-0.2, 0) is 15.1 Å². The van der Waals surface area contributed by atoms with Gasteiger partial charge in [-0.15, -0.1) is 11.3 Å². The molecule has 2 aromatic rings. The lowest BCUT2D eigenvalue weighted by molar-refractivity contribution is -0.136. The molecule has 0 spiro atoms. The predicted molar refractivity (Wildman–Crippen MR) is 98.4 cm³/mol. The molecule has 7 heteroatoms. The third-order valence-corrected chi connectivity index (χ3v) is 5.81. The Balaban J connectivity index is 1.63. The Bertz CT molecular complexity index is 817. The van der Waals surface area contributed by atoms with E-state index in [2.05, 4.69) is 4.90 Å². The van der Waals surface area contributed by atoms with Crippen molar-refractivity contribution in [2.45, 2.75) is 12.0 Å². The molecule has 2 aliphatic rings. The van der Waals surface area contributed by atoms with Crippen LogP contribution in [0.5, 0.6) is 0 Å². The summed E-state index contributed by atoms with van der Waals surface area (Å²) in [6.07, 6.45) is -0.247. The van der Waals surface area contributed by atoms with Crippen molar-refractivity contribution in [2.75, 3.05) is 37.9 Å². The van der Waals surface area contributed by atoms with Crippen LogP contribution in [0.1, 0.15) is 21.7 Å². The molecule has 1 aromatic carbocycles. The predicted octanol–water partition coefficient (Wildman–Crippen LogP) is 1.84. The first kappa shape index (κ1) is 17.4. The number of rotatable bonds is 5. The lowest BCUT2D eigenvalue weighted by Crippen LogP contribution is -2.49. The molecule has 2 aliphatic heterocycles. The molecule has 1 fully saturated rings. The van der Waals surface area contributed by atoms with Gasteiger partial charge in [-0.3, -0.25) is 19.4 Å². The lowest BCUT2D eigenvalue weighted by Gasteiger charge is -2.31. The standard InChI is InChI=1S/C19H20N2O4S/c22-16(17-6-3-11-26-17)12-19(24)14-4-1-2-5-15(14)21(18(19)23)13-20-7-9-25-10-8-20/h1-6,11,24H,7-10,12-13H2. The summed E-state index contributed by atoms with van der Waals surface area (Å²) in [5.41, 5.74) is -0.641. The van der Waals surface area contributed by atoms with E-state index in [1.54, 1.807) is 29.2 Å². The van der Waals surface area contributed by atoms with Crippen molar-refractivity contribution in [3.63, 3.8) is 0 Å². The number of hydrogen-bond donors (Lipinski definition) is 1. The third kappa shape index (κ3) is 2.97. The number of fused-ring (bicyclic) bond motifs is 1. The van der Waals surface area contributed by atoms with E-state index in [9.17, 15) is 14.7 Å². The quantitative estimate of drug-likeness (QED) is 0.811. The molecule has 6 nitrogen and oxygen atoms in total. The van der Waals surface area contributed by atoms with Gasteiger partial charge in [0.1, 0.15) is 0 Å². The summed E-state index contributed by atoms with van der Waals surface area (Å²) in [6, 6.07) is 10.7. The number of ketones is 1. The third-order valence-electron chi connectivity index (χ3n) is 4.90. The maximum atomic E-state index is 13.1. The maximum absolute atomic E-state index is 13.1. The Hall–Kier alpha value is -2.06. The van der Waals surface area contributed by atoms with E-state index >= 15 is 0 Å². The SMILES string of the molecule is O=C(CC1(O)C(=O)N(CN2CCOCC2)c2ccccc21)c1cccs1. The Morgan fingerprint density at radius 3 is 2.69 bits per heavy atom. The second-order valence-corrected chi connectivity index (χ2v) is 7.51. The number of aliphatic hydroxyl groups is 1.